The average Bonchev–Trinajstić information content (AvgIpc) is 2.59. The van der Waals surface area contributed by atoms with Crippen LogP contribution in [0.25, 0.3) is 5.65 Å². The van der Waals surface area contributed by atoms with Crippen LogP contribution in [-0.4, -0.2) is 16.5 Å². The molecule has 74 valence electrons. The minimum atomic E-state index is 0.853. The summed E-state index contributed by atoms with van der Waals surface area (Å²) in [5.74, 6) is 0.853. The molecule has 0 aliphatic rings. The number of hydrogen-bond donors (Lipinski definition) is 0. The molecule has 2 rings (SSSR count). The number of imidazole rings is 1. The lowest BCUT2D eigenvalue weighted by atomic mass is 10.3. The van der Waals surface area contributed by atoms with Crippen molar-refractivity contribution in [3.05, 3.63) is 30.2 Å². The second kappa shape index (κ2) is 3.70. The van der Waals surface area contributed by atoms with E-state index in [9.17, 15) is 0 Å². The molecule has 0 saturated heterocycles. The van der Waals surface area contributed by atoms with Crippen LogP contribution in [0.3, 0.4) is 0 Å². The van der Waals surface area contributed by atoms with E-state index in [1.54, 1.807) is 7.11 Å². The molecule has 0 aliphatic carbocycles. The summed E-state index contributed by atoms with van der Waals surface area (Å²) in [5.41, 5.74) is 2.09. The lowest BCUT2D eigenvalue weighted by Crippen LogP contribution is -1.86. The van der Waals surface area contributed by atoms with E-state index in [4.69, 9.17) is 4.74 Å². The SMILES string of the molecule is CCCc1cn2ccc(OC)cc2n1. The standard InChI is InChI=1S/C11H14N2O/c1-3-4-9-8-13-6-5-10(14-2)7-11(13)12-9/h5-8H,3-4H2,1-2H3. The smallest absolute Gasteiger partial charge is 0.140 e. The lowest BCUT2D eigenvalue weighted by molar-refractivity contribution is 0.414. The predicted molar refractivity (Wildman–Crippen MR) is 55.7 cm³/mol. The van der Waals surface area contributed by atoms with Gasteiger partial charge in [-0.1, -0.05) is 13.3 Å². The third-order valence-corrected chi connectivity index (χ3v) is 2.22. The zero-order valence-corrected chi connectivity index (χ0v) is 8.53. The van der Waals surface area contributed by atoms with Gasteiger partial charge in [-0.05, 0) is 12.5 Å². The number of methoxy groups -OCH3 is 1. The molecule has 2 aromatic rings. The van der Waals surface area contributed by atoms with Crippen molar-refractivity contribution in [1.29, 1.82) is 0 Å². The average molecular weight is 190 g/mol. The predicted octanol–water partition coefficient (Wildman–Crippen LogP) is 2.30. The van der Waals surface area contributed by atoms with E-state index in [0.717, 1.165) is 29.9 Å². The van der Waals surface area contributed by atoms with Crippen molar-refractivity contribution in [2.24, 2.45) is 0 Å². The monoisotopic (exact) mass is 190 g/mol. The summed E-state index contributed by atoms with van der Waals surface area (Å²) in [7, 11) is 1.67. The van der Waals surface area contributed by atoms with Crippen molar-refractivity contribution < 1.29 is 4.74 Å². The minimum absolute atomic E-state index is 0.853. The number of rotatable bonds is 3. The molecule has 0 amide bonds. The first-order valence-electron chi connectivity index (χ1n) is 4.85. The summed E-state index contributed by atoms with van der Waals surface area (Å²) < 4.78 is 7.16. The summed E-state index contributed by atoms with van der Waals surface area (Å²) in [6, 6.07) is 3.88. The molecule has 0 bridgehead atoms. The normalized spacial score (nSPS) is 10.7. The first-order valence-corrected chi connectivity index (χ1v) is 4.85. The van der Waals surface area contributed by atoms with Gasteiger partial charge in [-0.15, -0.1) is 0 Å². The molecule has 2 aromatic heterocycles. The number of fused-ring (bicyclic) bond motifs is 1. The highest BCUT2D eigenvalue weighted by Gasteiger charge is 2.01. The van der Waals surface area contributed by atoms with Crippen LogP contribution in [0, 0.1) is 0 Å². The van der Waals surface area contributed by atoms with Crippen LogP contribution in [-0.2, 0) is 6.42 Å². The summed E-state index contributed by atoms with van der Waals surface area (Å²) in [5, 5.41) is 0. The van der Waals surface area contributed by atoms with E-state index >= 15 is 0 Å². The first-order chi connectivity index (χ1) is 6.83. The number of aromatic nitrogens is 2. The molecule has 2 heterocycles. The second-order valence-corrected chi connectivity index (χ2v) is 3.31. The van der Waals surface area contributed by atoms with Crippen molar-refractivity contribution in [3.8, 4) is 5.75 Å². The molecular weight excluding hydrogens is 176 g/mol. The van der Waals surface area contributed by atoms with Gasteiger partial charge in [0.05, 0.1) is 12.8 Å². The Morgan fingerprint density at radius 3 is 3.07 bits per heavy atom. The maximum absolute atomic E-state index is 5.14. The quantitative estimate of drug-likeness (QED) is 0.742. The highest BCUT2D eigenvalue weighted by Crippen LogP contribution is 2.14. The third-order valence-electron chi connectivity index (χ3n) is 2.22. The zero-order chi connectivity index (χ0) is 9.97. The van der Waals surface area contributed by atoms with Gasteiger partial charge in [0.2, 0.25) is 0 Å². The molecule has 14 heavy (non-hydrogen) atoms. The molecular formula is C11H14N2O. The van der Waals surface area contributed by atoms with E-state index in [1.807, 2.05) is 22.7 Å². The fourth-order valence-corrected chi connectivity index (χ4v) is 1.52. The van der Waals surface area contributed by atoms with Crippen LogP contribution in [0.5, 0.6) is 5.75 Å². The Morgan fingerprint density at radius 2 is 2.36 bits per heavy atom. The van der Waals surface area contributed by atoms with E-state index in [2.05, 4.69) is 18.1 Å². The first kappa shape index (κ1) is 9.06. The van der Waals surface area contributed by atoms with Crippen molar-refractivity contribution in [2.75, 3.05) is 7.11 Å². The van der Waals surface area contributed by atoms with Crippen molar-refractivity contribution in [3.63, 3.8) is 0 Å². The molecule has 0 N–H and O–H groups in total. The lowest BCUT2D eigenvalue weighted by Gasteiger charge is -1.98. The van der Waals surface area contributed by atoms with Gasteiger partial charge in [0.15, 0.2) is 0 Å². The third kappa shape index (κ3) is 1.58. The van der Waals surface area contributed by atoms with Crippen LogP contribution < -0.4 is 4.74 Å². The van der Waals surface area contributed by atoms with Gasteiger partial charge in [0.25, 0.3) is 0 Å². The van der Waals surface area contributed by atoms with Gasteiger partial charge in [-0.2, -0.15) is 0 Å². The van der Waals surface area contributed by atoms with Crippen molar-refractivity contribution in [1.82, 2.24) is 9.38 Å². The maximum Gasteiger partial charge on any atom is 0.140 e. The largest absolute Gasteiger partial charge is 0.497 e. The Morgan fingerprint density at radius 1 is 1.50 bits per heavy atom. The molecule has 0 aliphatic heterocycles. The second-order valence-electron chi connectivity index (χ2n) is 3.31. The number of nitrogens with zero attached hydrogens (tertiary/aromatic N) is 2. The Labute approximate surface area is 83.3 Å². The topological polar surface area (TPSA) is 26.5 Å². The number of ether oxygens (including phenoxy) is 1. The van der Waals surface area contributed by atoms with Gasteiger partial charge >= 0.3 is 0 Å². The van der Waals surface area contributed by atoms with E-state index < -0.39 is 0 Å². The Hall–Kier alpha value is -1.51. The summed E-state index contributed by atoms with van der Waals surface area (Å²) in [6.45, 7) is 2.16. The highest BCUT2D eigenvalue weighted by atomic mass is 16.5. The Bertz CT molecular complexity index is 434. The minimum Gasteiger partial charge on any atom is -0.497 e. The van der Waals surface area contributed by atoms with Gasteiger partial charge in [0.1, 0.15) is 11.4 Å². The zero-order valence-electron chi connectivity index (χ0n) is 8.53. The van der Waals surface area contributed by atoms with E-state index in [0.29, 0.717) is 0 Å². The fourth-order valence-electron chi connectivity index (χ4n) is 1.52. The van der Waals surface area contributed by atoms with Crippen LogP contribution in [0.4, 0.5) is 0 Å². The van der Waals surface area contributed by atoms with Gasteiger partial charge in [-0.25, -0.2) is 4.98 Å². The molecule has 0 unspecified atom stereocenters. The van der Waals surface area contributed by atoms with Gasteiger partial charge in [-0.3, -0.25) is 0 Å². The number of pyridine rings is 1. The Kier molecular flexibility index (Phi) is 2.39. The van der Waals surface area contributed by atoms with E-state index in [1.165, 1.54) is 0 Å². The summed E-state index contributed by atoms with van der Waals surface area (Å²) in [6.07, 6.45) is 6.20. The fraction of sp³-hybridized carbons (Fsp3) is 0.364. The van der Waals surface area contributed by atoms with Crippen LogP contribution >= 0.6 is 0 Å². The van der Waals surface area contributed by atoms with Gasteiger partial charge in [0, 0.05) is 18.5 Å². The van der Waals surface area contributed by atoms with Crippen LogP contribution in [0.15, 0.2) is 24.5 Å². The molecule has 0 aromatic carbocycles. The van der Waals surface area contributed by atoms with Crippen molar-refractivity contribution in [2.45, 2.75) is 19.8 Å². The molecule has 0 spiro atoms. The molecule has 3 heteroatoms. The van der Waals surface area contributed by atoms with Crippen LogP contribution in [0.1, 0.15) is 19.0 Å². The molecule has 0 saturated carbocycles. The van der Waals surface area contributed by atoms with E-state index in [-0.39, 0.29) is 0 Å². The van der Waals surface area contributed by atoms with Crippen LogP contribution in [0.2, 0.25) is 0 Å². The maximum atomic E-state index is 5.14. The van der Waals surface area contributed by atoms with Gasteiger partial charge < -0.3 is 9.14 Å². The molecule has 0 fully saturated rings. The Balaban J connectivity index is 2.43. The number of aryl methyl sites for hydroxylation is 1. The summed E-state index contributed by atoms with van der Waals surface area (Å²) in [4.78, 5) is 4.49. The number of hydrogen-bond acceptors (Lipinski definition) is 2. The summed E-state index contributed by atoms with van der Waals surface area (Å²) >= 11 is 0. The highest BCUT2D eigenvalue weighted by molar-refractivity contribution is 5.45. The molecule has 3 nitrogen and oxygen atoms in total. The molecule has 0 atom stereocenters. The van der Waals surface area contributed by atoms with Crippen molar-refractivity contribution >= 4 is 5.65 Å². The molecule has 0 radical (unpaired) electrons.